The van der Waals surface area contributed by atoms with E-state index in [0.717, 1.165) is 18.5 Å². The van der Waals surface area contributed by atoms with E-state index in [1.807, 2.05) is 44.3 Å². The molecule has 0 saturated carbocycles. The van der Waals surface area contributed by atoms with Crippen molar-refractivity contribution in [3.8, 4) is 0 Å². The lowest BCUT2D eigenvalue weighted by Gasteiger charge is -2.19. The first-order chi connectivity index (χ1) is 8.58. The van der Waals surface area contributed by atoms with Crippen LogP contribution in [0.5, 0.6) is 0 Å². The highest BCUT2D eigenvalue weighted by molar-refractivity contribution is 8.14. The van der Waals surface area contributed by atoms with Crippen LogP contribution in [0.2, 0.25) is 0 Å². The van der Waals surface area contributed by atoms with Crippen LogP contribution in [0.1, 0.15) is 25.3 Å². The van der Waals surface area contributed by atoms with Crippen molar-refractivity contribution in [2.45, 2.75) is 31.9 Å². The van der Waals surface area contributed by atoms with Gasteiger partial charge in [0.05, 0.1) is 0 Å². The molecule has 3 heteroatoms. The lowest BCUT2D eigenvalue weighted by atomic mass is 10.2. The molecule has 0 N–H and O–H groups in total. The molecule has 0 aliphatic heterocycles. The predicted molar refractivity (Wildman–Crippen MR) is 81.5 cm³/mol. The predicted octanol–water partition coefficient (Wildman–Crippen LogP) is 4.64. The van der Waals surface area contributed by atoms with Crippen molar-refractivity contribution in [3.63, 3.8) is 0 Å². The van der Waals surface area contributed by atoms with Gasteiger partial charge in [-0.1, -0.05) is 48.9 Å². The number of hydrogen-bond donors (Lipinski definition) is 0. The van der Waals surface area contributed by atoms with Crippen molar-refractivity contribution in [1.29, 1.82) is 0 Å². The van der Waals surface area contributed by atoms with Gasteiger partial charge in [0.25, 0.3) is 5.24 Å². The van der Waals surface area contributed by atoms with Crippen molar-refractivity contribution in [2.24, 2.45) is 0 Å². The fourth-order valence-electron chi connectivity index (χ4n) is 1.59. The van der Waals surface area contributed by atoms with Gasteiger partial charge < -0.3 is 4.90 Å². The SMILES string of the molecule is C=CC(CCC)SC(=O)N(C)c1ccc(C)cc1. The number of carbonyl (C=O) groups excluding carboxylic acids is 1. The second-order valence-electron chi connectivity index (χ2n) is 4.34. The van der Waals surface area contributed by atoms with Crippen LogP contribution < -0.4 is 4.90 Å². The Kier molecular flexibility index (Phi) is 5.99. The molecule has 1 atom stereocenters. The highest BCUT2D eigenvalue weighted by Gasteiger charge is 2.15. The second-order valence-corrected chi connectivity index (χ2v) is 5.53. The number of hydrogen-bond acceptors (Lipinski definition) is 2. The summed E-state index contributed by atoms with van der Waals surface area (Å²) in [5.74, 6) is 0. The van der Waals surface area contributed by atoms with E-state index < -0.39 is 0 Å². The standard InChI is InChI=1S/C15H21NOS/c1-5-7-14(6-2)18-15(17)16(4)13-10-8-12(3)9-11-13/h6,8-11,14H,2,5,7H2,1,3-4H3. The third-order valence-electron chi connectivity index (χ3n) is 2.78. The minimum atomic E-state index is 0.0669. The van der Waals surface area contributed by atoms with E-state index in [4.69, 9.17) is 0 Å². The Bertz CT molecular complexity index is 399. The number of benzene rings is 1. The molecule has 0 saturated heterocycles. The van der Waals surface area contributed by atoms with Crippen molar-refractivity contribution >= 4 is 22.7 Å². The largest absolute Gasteiger partial charge is 0.306 e. The molecule has 0 spiro atoms. The first-order valence-corrected chi connectivity index (χ1v) is 7.10. The molecule has 1 rings (SSSR count). The molecular weight excluding hydrogens is 242 g/mol. The van der Waals surface area contributed by atoms with Gasteiger partial charge in [0.15, 0.2) is 0 Å². The number of carbonyl (C=O) groups is 1. The van der Waals surface area contributed by atoms with Crippen LogP contribution in [0.3, 0.4) is 0 Å². The zero-order valence-electron chi connectivity index (χ0n) is 11.3. The lowest BCUT2D eigenvalue weighted by Crippen LogP contribution is -2.23. The summed E-state index contributed by atoms with van der Waals surface area (Å²) in [6.45, 7) is 7.94. The summed E-state index contributed by atoms with van der Waals surface area (Å²) in [4.78, 5) is 13.8. The molecule has 0 aliphatic rings. The molecule has 1 aromatic carbocycles. The second kappa shape index (κ2) is 7.27. The number of aryl methyl sites for hydroxylation is 1. The van der Waals surface area contributed by atoms with Gasteiger partial charge in [-0.15, -0.1) is 6.58 Å². The van der Waals surface area contributed by atoms with E-state index >= 15 is 0 Å². The van der Waals surface area contributed by atoms with Crippen LogP contribution >= 0.6 is 11.8 Å². The number of nitrogens with zero attached hydrogens (tertiary/aromatic N) is 1. The maximum Gasteiger partial charge on any atom is 0.286 e. The topological polar surface area (TPSA) is 20.3 Å². The highest BCUT2D eigenvalue weighted by Crippen LogP contribution is 2.24. The average Bonchev–Trinajstić information content (AvgIpc) is 2.38. The van der Waals surface area contributed by atoms with Crippen LogP contribution in [0.15, 0.2) is 36.9 Å². The average molecular weight is 263 g/mol. The molecule has 0 aromatic heterocycles. The summed E-state index contributed by atoms with van der Waals surface area (Å²) < 4.78 is 0. The van der Waals surface area contributed by atoms with Gasteiger partial charge in [-0.05, 0) is 25.5 Å². The summed E-state index contributed by atoms with van der Waals surface area (Å²) in [7, 11) is 1.81. The summed E-state index contributed by atoms with van der Waals surface area (Å²) in [5, 5.41) is 0.271. The summed E-state index contributed by atoms with van der Waals surface area (Å²) in [6.07, 6.45) is 3.90. The van der Waals surface area contributed by atoms with Crippen molar-refractivity contribution in [3.05, 3.63) is 42.5 Å². The Hall–Kier alpha value is -1.22. The number of anilines is 1. The van der Waals surface area contributed by atoms with Gasteiger partial charge in [-0.25, -0.2) is 0 Å². The van der Waals surface area contributed by atoms with Crippen LogP contribution in [-0.4, -0.2) is 17.5 Å². The zero-order chi connectivity index (χ0) is 13.5. The smallest absolute Gasteiger partial charge is 0.286 e. The molecule has 1 unspecified atom stereocenters. The van der Waals surface area contributed by atoms with E-state index in [-0.39, 0.29) is 10.5 Å². The van der Waals surface area contributed by atoms with Gasteiger partial charge in [-0.2, -0.15) is 0 Å². The fourth-order valence-corrected chi connectivity index (χ4v) is 2.56. The van der Waals surface area contributed by atoms with Crippen LogP contribution in [0, 0.1) is 6.92 Å². The molecule has 18 heavy (non-hydrogen) atoms. The minimum Gasteiger partial charge on any atom is -0.306 e. The number of thioether (sulfide) groups is 1. The Morgan fingerprint density at radius 2 is 2.06 bits per heavy atom. The normalized spacial score (nSPS) is 11.9. The van der Waals surface area contributed by atoms with Gasteiger partial charge in [-0.3, -0.25) is 4.79 Å². The molecule has 0 radical (unpaired) electrons. The minimum absolute atomic E-state index is 0.0669. The van der Waals surface area contributed by atoms with Crippen LogP contribution in [0.4, 0.5) is 10.5 Å². The molecule has 1 aromatic rings. The maximum atomic E-state index is 12.1. The third kappa shape index (κ3) is 4.22. The monoisotopic (exact) mass is 263 g/mol. The van der Waals surface area contributed by atoms with Gasteiger partial charge >= 0.3 is 0 Å². The van der Waals surface area contributed by atoms with Crippen molar-refractivity contribution < 1.29 is 4.79 Å². The van der Waals surface area contributed by atoms with Gasteiger partial charge in [0.2, 0.25) is 0 Å². The first-order valence-electron chi connectivity index (χ1n) is 6.22. The molecule has 2 nitrogen and oxygen atoms in total. The molecule has 98 valence electrons. The molecule has 0 bridgehead atoms. The van der Waals surface area contributed by atoms with E-state index in [1.54, 1.807) is 4.90 Å². The molecule has 0 heterocycles. The van der Waals surface area contributed by atoms with Gasteiger partial charge in [0.1, 0.15) is 0 Å². The quantitative estimate of drug-likeness (QED) is 0.721. The van der Waals surface area contributed by atoms with Gasteiger partial charge in [0, 0.05) is 18.0 Å². The Labute approximate surface area is 114 Å². The van der Waals surface area contributed by atoms with E-state index in [0.29, 0.717) is 0 Å². The fraction of sp³-hybridized carbons (Fsp3) is 0.400. The molecule has 0 fully saturated rings. The van der Waals surface area contributed by atoms with Crippen LogP contribution in [0.25, 0.3) is 0 Å². The number of rotatable bonds is 5. The maximum absolute atomic E-state index is 12.1. The molecule has 1 amide bonds. The van der Waals surface area contributed by atoms with Crippen molar-refractivity contribution in [1.82, 2.24) is 0 Å². The van der Waals surface area contributed by atoms with Crippen molar-refractivity contribution in [2.75, 3.05) is 11.9 Å². The summed E-state index contributed by atoms with van der Waals surface area (Å²) in [5.41, 5.74) is 2.12. The van der Waals surface area contributed by atoms with Crippen LogP contribution in [-0.2, 0) is 0 Å². The Balaban J connectivity index is 2.65. The van der Waals surface area contributed by atoms with E-state index in [2.05, 4.69) is 13.5 Å². The van der Waals surface area contributed by atoms with E-state index in [9.17, 15) is 4.79 Å². The Morgan fingerprint density at radius 1 is 1.44 bits per heavy atom. The lowest BCUT2D eigenvalue weighted by molar-refractivity contribution is 0.266. The summed E-state index contributed by atoms with van der Waals surface area (Å²) in [6, 6.07) is 7.97. The highest BCUT2D eigenvalue weighted by atomic mass is 32.2. The van der Waals surface area contributed by atoms with E-state index in [1.165, 1.54) is 17.3 Å². The molecular formula is C15H21NOS. The first kappa shape index (κ1) is 14.8. The third-order valence-corrected chi connectivity index (χ3v) is 3.99. The molecule has 0 aliphatic carbocycles. The Morgan fingerprint density at radius 3 is 2.56 bits per heavy atom. The number of amides is 1. The zero-order valence-corrected chi connectivity index (χ0v) is 12.2. The summed E-state index contributed by atoms with van der Waals surface area (Å²) >= 11 is 1.35.